The number of ether oxygens (including phenoxy) is 2. The number of amides is 1. The lowest BCUT2D eigenvalue weighted by Gasteiger charge is -2.29. The van der Waals surface area contributed by atoms with Gasteiger partial charge in [-0.25, -0.2) is 0 Å². The summed E-state index contributed by atoms with van der Waals surface area (Å²) in [5.41, 5.74) is 1.43. The van der Waals surface area contributed by atoms with Crippen LogP contribution in [0.3, 0.4) is 0 Å². The lowest BCUT2D eigenvalue weighted by molar-refractivity contribution is -0.135. The van der Waals surface area contributed by atoms with E-state index in [-0.39, 0.29) is 18.2 Å². The average molecular weight is 349 g/mol. The number of hydrogen-bond donors (Lipinski definition) is 0. The van der Waals surface area contributed by atoms with Gasteiger partial charge in [-0.3, -0.25) is 4.79 Å². The Hall–Kier alpha value is -2.59. The zero-order valence-corrected chi connectivity index (χ0v) is 14.9. The number of allylic oxidation sites excluding steroid dienone is 1. The number of hydrogen-bond acceptors (Lipinski definition) is 3. The molecule has 0 spiro atoms. The lowest BCUT2D eigenvalue weighted by atomic mass is 9.75. The topological polar surface area (TPSA) is 38.8 Å². The number of benzene rings is 2. The summed E-state index contributed by atoms with van der Waals surface area (Å²) in [4.78, 5) is 15.6. The van der Waals surface area contributed by atoms with E-state index < -0.39 is 5.41 Å². The summed E-state index contributed by atoms with van der Waals surface area (Å²) in [5.74, 6) is 0.869. The molecule has 3 atom stereocenters. The van der Waals surface area contributed by atoms with E-state index in [2.05, 4.69) is 18.7 Å². The molecule has 2 heterocycles. The van der Waals surface area contributed by atoms with Gasteiger partial charge in [-0.05, 0) is 29.7 Å². The van der Waals surface area contributed by atoms with Gasteiger partial charge in [0, 0.05) is 6.42 Å². The largest absolute Gasteiger partial charge is 0.497 e. The molecule has 2 fully saturated rings. The van der Waals surface area contributed by atoms with Crippen LogP contribution in [0.1, 0.15) is 30.0 Å². The second-order valence-electron chi connectivity index (χ2n) is 6.94. The molecule has 26 heavy (non-hydrogen) atoms. The van der Waals surface area contributed by atoms with Crippen molar-refractivity contribution in [2.24, 2.45) is 0 Å². The van der Waals surface area contributed by atoms with Gasteiger partial charge in [0.25, 0.3) is 0 Å². The Balaban J connectivity index is 1.74. The maximum Gasteiger partial charge on any atom is 0.236 e. The Morgan fingerprint density at radius 2 is 2.08 bits per heavy atom. The van der Waals surface area contributed by atoms with E-state index in [1.807, 2.05) is 53.4 Å². The van der Waals surface area contributed by atoms with Gasteiger partial charge < -0.3 is 14.4 Å². The zero-order chi connectivity index (χ0) is 18.1. The standard InChI is InChI=1S/C22H23NO3/c1-3-12-22(17-10-7-11-18(13-17)25-2)14-20-23(21(22)24)19(15-26-20)16-8-5-4-6-9-16/h3-11,13,19-20H,1,12,14-15H2,2H3/t19-,20-,22+/m1/s1. The van der Waals surface area contributed by atoms with Gasteiger partial charge in [0.05, 0.1) is 25.2 Å². The van der Waals surface area contributed by atoms with Crippen LogP contribution >= 0.6 is 0 Å². The molecule has 2 aliphatic heterocycles. The van der Waals surface area contributed by atoms with Crippen LogP contribution in [0.5, 0.6) is 5.75 Å². The van der Waals surface area contributed by atoms with Gasteiger partial charge in [0.15, 0.2) is 0 Å². The van der Waals surface area contributed by atoms with E-state index in [0.717, 1.165) is 16.9 Å². The third kappa shape index (κ3) is 2.53. The van der Waals surface area contributed by atoms with Crippen molar-refractivity contribution in [1.29, 1.82) is 0 Å². The number of rotatable bonds is 5. The van der Waals surface area contributed by atoms with Crippen LogP contribution in [0.15, 0.2) is 67.3 Å². The van der Waals surface area contributed by atoms with Crippen LogP contribution in [-0.4, -0.2) is 30.8 Å². The summed E-state index contributed by atoms with van der Waals surface area (Å²) in [6.07, 6.45) is 2.85. The average Bonchev–Trinajstić information content (AvgIpc) is 3.22. The Morgan fingerprint density at radius 3 is 2.81 bits per heavy atom. The normalized spacial score (nSPS) is 27.4. The minimum Gasteiger partial charge on any atom is -0.497 e. The van der Waals surface area contributed by atoms with Crippen LogP contribution in [0.4, 0.5) is 0 Å². The first-order valence-corrected chi connectivity index (χ1v) is 8.94. The highest BCUT2D eigenvalue weighted by Crippen LogP contribution is 2.49. The first kappa shape index (κ1) is 16.9. The Kier molecular flexibility index (Phi) is 4.29. The number of carbonyl (C=O) groups excluding carboxylic acids is 1. The second kappa shape index (κ2) is 6.61. The van der Waals surface area contributed by atoms with Crippen LogP contribution in [0, 0.1) is 0 Å². The van der Waals surface area contributed by atoms with Gasteiger partial charge >= 0.3 is 0 Å². The van der Waals surface area contributed by atoms with Gasteiger partial charge in [-0.2, -0.15) is 0 Å². The van der Waals surface area contributed by atoms with Crippen molar-refractivity contribution in [2.75, 3.05) is 13.7 Å². The van der Waals surface area contributed by atoms with Crippen molar-refractivity contribution in [3.8, 4) is 5.75 Å². The summed E-state index contributed by atoms with van der Waals surface area (Å²) in [5, 5.41) is 0. The smallest absolute Gasteiger partial charge is 0.236 e. The molecule has 0 radical (unpaired) electrons. The highest BCUT2D eigenvalue weighted by molar-refractivity contribution is 5.91. The fourth-order valence-electron chi connectivity index (χ4n) is 4.25. The SMILES string of the molecule is C=CC[C@@]1(c2cccc(OC)c2)C[C@H]2OC[C@H](c3ccccc3)N2C1=O. The van der Waals surface area contributed by atoms with Crippen molar-refractivity contribution in [2.45, 2.75) is 30.5 Å². The highest BCUT2D eigenvalue weighted by Gasteiger charge is 2.57. The van der Waals surface area contributed by atoms with Gasteiger partial charge in [-0.15, -0.1) is 6.58 Å². The molecule has 4 heteroatoms. The minimum atomic E-state index is -0.644. The van der Waals surface area contributed by atoms with E-state index in [1.165, 1.54) is 0 Å². The molecule has 2 saturated heterocycles. The van der Waals surface area contributed by atoms with Gasteiger partial charge in [0.1, 0.15) is 12.0 Å². The molecule has 0 saturated carbocycles. The molecule has 4 rings (SSSR count). The summed E-state index contributed by atoms with van der Waals surface area (Å²) < 4.78 is 11.4. The van der Waals surface area contributed by atoms with E-state index in [0.29, 0.717) is 19.4 Å². The molecule has 0 N–H and O–H groups in total. The Morgan fingerprint density at radius 1 is 1.27 bits per heavy atom. The molecule has 0 unspecified atom stereocenters. The molecule has 2 aromatic carbocycles. The van der Waals surface area contributed by atoms with Crippen LogP contribution in [0.25, 0.3) is 0 Å². The van der Waals surface area contributed by atoms with E-state index >= 15 is 0 Å². The molecule has 1 amide bonds. The maximum atomic E-state index is 13.6. The fraction of sp³-hybridized carbons (Fsp3) is 0.318. The molecule has 0 aliphatic carbocycles. The highest BCUT2D eigenvalue weighted by atomic mass is 16.5. The predicted octanol–water partition coefficient (Wildman–Crippen LogP) is 3.84. The van der Waals surface area contributed by atoms with Crippen molar-refractivity contribution < 1.29 is 14.3 Å². The summed E-state index contributed by atoms with van der Waals surface area (Å²) >= 11 is 0. The summed E-state index contributed by atoms with van der Waals surface area (Å²) in [7, 11) is 1.64. The van der Waals surface area contributed by atoms with Crippen LogP contribution < -0.4 is 4.74 Å². The zero-order valence-electron chi connectivity index (χ0n) is 14.9. The quantitative estimate of drug-likeness (QED) is 0.770. The summed E-state index contributed by atoms with van der Waals surface area (Å²) in [6, 6.07) is 17.9. The first-order valence-electron chi connectivity index (χ1n) is 8.94. The van der Waals surface area contributed by atoms with Gasteiger partial charge in [0.2, 0.25) is 5.91 Å². The third-order valence-corrected chi connectivity index (χ3v) is 5.56. The minimum absolute atomic E-state index is 0.0361. The Labute approximate surface area is 154 Å². The molecule has 2 aliphatic rings. The van der Waals surface area contributed by atoms with Crippen molar-refractivity contribution in [1.82, 2.24) is 4.90 Å². The predicted molar refractivity (Wildman–Crippen MR) is 99.9 cm³/mol. The molecular formula is C22H23NO3. The third-order valence-electron chi connectivity index (χ3n) is 5.56. The van der Waals surface area contributed by atoms with Crippen LogP contribution in [-0.2, 0) is 14.9 Å². The fourth-order valence-corrected chi connectivity index (χ4v) is 4.25. The maximum absolute atomic E-state index is 13.6. The monoisotopic (exact) mass is 349 g/mol. The van der Waals surface area contributed by atoms with Gasteiger partial charge in [-0.1, -0.05) is 48.5 Å². The number of carbonyl (C=O) groups is 1. The number of nitrogens with zero attached hydrogens (tertiary/aromatic N) is 1. The molecule has 0 aromatic heterocycles. The molecule has 4 nitrogen and oxygen atoms in total. The van der Waals surface area contributed by atoms with E-state index in [1.54, 1.807) is 7.11 Å². The van der Waals surface area contributed by atoms with E-state index in [4.69, 9.17) is 9.47 Å². The van der Waals surface area contributed by atoms with E-state index in [9.17, 15) is 4.79 Å². The van der Waals surface area contributed by atoms with Crippen molar-refractivity contribution in [3.05, 3.63) is 78.4 Å². The lowest BCUT2D eigenvalue weighted by Crippen LogP contribution is -2.39. The molecule has 2 aromatic rings. The van der Waals surface area contributed by atoms with Crippen LogP contribution in [0.2, 0.25) is 0 Å². The first-order chi connectivity index (χ1) is 12.7. The van der Waals surface area contributed by atoms with Crippen molar-refractivity contribution >= 4 is 5.91 Å². The molecule has 134 valence electrons. The summed E-state index contributed by atoms with van der Waals surface area (Å²) in [6.45, 7) is 4.44. The van der Waals surface area contributed by atoms with Crippen molar-refractivity contribution in [3.63, 3.8) is 0 Å². The molecule has 0 bridgehead atoms. The Bertz CT molecular complexity index is 819. The second-order valence-corrected chi connectivity index (χ2v) is 6.94. The number of fused-ring (bicyclic) bond motifs is 1. The number of methoxy groups -OCH3 is 1. The molecular weight excluding hydrogens is 326 g/mol.